The fourth-order valence-electron chi connectivity index (χ4n) is 2.20. The second-order valence-corrected chi connectivity index (χ2v) is 4.62. The van der Waals surface area contributed by atoms with Gasteiger partial charge in [0.25, 0.3) is 0 Å². The fraction of sp³-hybridized carbons (Fsp3) is 0.188. The summed E-state index contributed by atoms with van der Waals surface area (Å²) in [6.07, 6.45) is 1.76. The monoisotopic (exact) mass is 268 g/mol. The minimum atomic E-state index is 0.372. The van der Waals surface area contributed by atoms with Gasteiger partial charge in [-0.05, 0) is 25.1 Å². The van der Waals surface area contributed by atoms with Crippen LogP contribution in [-0.2, 0) is 13.2 Å². The Balaban J connectivity index is 1.83. The zero-order valence-corrected chi connectivity index (χ0v) is 11.3. The number of aromatic nitrogens is 1. The highest BCUT2D eigenvalue weighted by Crippen LogP contribution is 2.24. The maximum atomic E-state index is 5.82. The van der Waals surface area contributed by atoms with E-state index >= 15 is 0 Å². The summed E-state index contributed by atoms with van der Waals surface area (Å²) in [4.78, 5) is 4.36. The number of furan rings is 1. The van der Waals surface area contributed by atoms with E-state index in [2.05, 4.69) is 4.98 Å². The summed E-state index contributed by atoms with van der Waals surface area (Å²) in [6, 6.07) is 11.7. The second-order valence-electron chi connectivity index (χ2n) is 4.62. The Morgan fingerprint density at radius 1 is 1.25 bits per heavy atom. The van der Waals surface area contributed by atoms with Gasteiger partial charge in [0, 0.05) is 23.7 Å². The van der Waals surface area contributed by atoms with Crippen LogP contribution in [-0.4, -0.2) is 4.98 Å². The van der Waals surface area contributed by atoms with Crippen molar-refractivity contribution < 1.29 is 9.15 Å². The molecule has 0 atom stereocenters. The van der Waals surface area contributed by atoms with Crippen molar-refractivity contribution in [3.8, 4) is 5.75 Å². The third kappa shape index (κ3) is 2.38. The molecular formula is C16H16N2O2. The van der Waals surface area contributed by atoms with Crippen molar-refractivity contribution in [3.63, 3.8) is 0 Å². The molecule has 0 aliphatic heterocycles. The van der Waals surface area contributed by atoms with Crippen LogP contribution < -0.4 is 10.5 Å². The zero-order chi connectivity index (χ0) is 13.9. The molecule has 0 bridgehead atoms. The molecule has 1 aromatic carbocycles. The summed E-state index contributed by atoms with van der Waals surface area (Å²) in [7, 11) is 0. The summed E-state index contributed by atoms with van der Waals surface area (Å²) in [6.45, 7) is 2.76. The third-order valence-corrected chi connectivity index (χ3v) is 3.26. The average molecular weight is 268 g/mol. The highest BCUT2D eigenvalue weighted by molar-refractivity contribution is 5.84. The van der Waals surface area contributed by atoms with E-state index in [1.165, 1.54) is 0 Å². The molecule has 2 aromatic heterocycles. The number of hydrogen-bond acceptors (Lipinski definition) is 4. The number of pyridine rings is 1. The standard InChI is InChI=1S/C16H16N2O2/c1-11-13(9-17)8-14(20-11)10-19-15-6-2-4-12-5-3-7-18-16(12)15/h2-8H,9-10,17H2,1H3. The van der Waals surface area contributed by atoms with E-state index in [9.17, 15) is 0 Å². The predicted octanol–water partition coefficient (Wildman–Crippen LogP) is 3.17. The Bertz CT molecular complexity index is 729. The first kappa shape index (κ1) is 12.7. The molecule has 102 valence electrons. The van der Waals surface area contributed by atoms with E-state index in [0.717, 1.165) is 33.7 Å². The summed E-state index contributed by atoms with van der Waals surface area (Å²) >= 11 is 0. The van der Waals surface area contributed by atoms with Gasteiger partial charge in [0.15, 0.2) is 0 Å². The fourth-order valence-corrected chi connectivity index (χ4v) is 2.20. The van der Waals surface area contributed by atoms with Crippen molar-refractivity contribution in [2.24, 2.45) is 5.73 Å². The van der Waals surface area contributed by atoms with E-state index in [1.807, 2.05) is 43.3 Å². The van der Waals surface area contributed by atoms with Crippen molar-refractivity contribution in [1.29, 1.82) is 0 Å². The minimum Gasteiger partial charge on any atom is -0.483 e. The Labute approximate surface area is 117 Å². The Hall–Kier alpha value is -2.33. The number of nitrogens with two attached hydrogens (primary N) is 1. The van der Waals surface area contributed by atoms with Gasteiger partial charge >= 0.3 is 0 Å². The lowest BCUT2D eigenvalue weighted by Crippen LogP contribution is -1.96. The molecule has 0 saturated heterocycles. The first-order valence-corrected chi connectivity index (χ1v) is 6.52. The molecule has 0 fully saturated rings. The van der Waals surface area contributed by atoms with Crippen molar-refractivity contribution in [1.82, 2.24) is 4.98 Å². The number of rotatable bonds is 4. The van der Waals surface area contributed by atoms with Crippen LogP contribution in [0.5, 0.6) is 5.75 Å². The van der Waals surface area contributed by atoms with Crippen LogP contribution in [0.25, 0.3) is 10.9 Å². The van der Waals surface area contributed by atoms with E-state index in [1.54, 1.807) is 6.20 Å². The molecule has 0 aliphatic rings. The first-order valence-electron chi connectivity index (χ1n) is 6.52. The quantitative estimate of drug-likeness (QED) is 0.789. The lowest BCUT2D eigenvalue weighted by molar-refractivity contribution is 0.270. The molecule has 2 N–H and O–H groups in total. The predicted molar refractivity (Wildman–Crippen MR) is 77.4 cm³/mol. The molecule has 3 aromatic rings. The Morgan fingerprint density at radius 3 is 2.90 bits per heavy atom. The number of nitrogens with zero attached hydrogens (tertiary/aromatic N) is 1. The SMILES string of the molecule is Cc1oc(COc2cccc3cccnc23)cc1CN. The number of hydrogen-bond donors (Lipinski definition) is 1. The van der Waals surface area contributed by atoms with Crippen molar-refractivity contribution in [2.45, 2.75) is 20.1 Å². The maximum absolute atomic E-state index is 5.82. The lowest BCUT2D eigenvalue weighted by atomic mass is 10.2. The zero-order valence-electron chi connectivity index (χ0n) is 11.3. The van der Waals surface area contributed by atoms with Gasteiger partial charge in [-0.25, -0.2) is 0 Å². The summed E-state index contributed by atoms with van der Waals surface area (Å²) in [5.74, 6) is 2.38. The molecule has 2 heterocycles. The second kappa shape index (κ2) is 5.35. The largest absolute Gasteiger partial charge is 0.483 e. The van der Waals surface area contributed by atoms with Gasteiger partial charge in [0.1, 0.15) is 29.4 Å². The van der Waals surface area contributed by atoms with Crippen molar-refractivity contribution in [2.75, 3.05) is 0 Å². The number of para-hydroxylation sites is 1. The topological polar surface area (TPSA) is 61.3 Å². The van der Waals surface area contributed by atoms with E-state index in [0.29, 0.717) is 13.2 Å². The Morgan fingerprint density at radius 2 is 2.10 bits per heavy atom. The van der Waals surface area contributed by atoms with E-state index in [4.69, 9.17) is 14.9 Å². The summed E-state index contributed by atoms with van der Waals surface area (Å²) in [5, 5.41) is 1.06. The molecule has 20 heavy (non-hydrogen) atoms. The third-order valence-electron chi connectivity index (χ3n) is 3.26. The normalized spacial score (nSPS) is 10.9. The molecule has 0 saturated carbocycles. The highest BCUT2D eigenvalue weighted by atomic mass is 16.5. The van der Waals surface area contributed by atoms with Crippen LogP contribution in [0.3, 0.4) is 0 Å². The van der Waals surface area contributed by atoms with Crippen LogP contribution >= 0.6 is 0 Å². The van der Waals surface area contributed by atoms with Crippen molar-refractivity contribution in [3.05, 3.63) is 59.7 Å². The molecule has 4 nitrogen and oxygen atoms in total. The minimum absolute atomic E-state index is 0.372. The van der Waals surface area contributed by atoms with Gasteiger partial charge in [-0.2, -0.15) is 0 Å². The van der Waals surface area contributed by atoms with Gasteiger partial charge in [-0.3, -0.25) is 4.98 Å². The number of benzene rings is 1. The van der Waals surface area contributed by atoms with Gasteiger partial charge in [0.2, 0.25) is 0 Å². The average Bonchev–Trinajstić information content (AvgIpc) is 2.85. The highest BCUT2D eigenvalue weighted by Gasteiger charge is 2.08. The number of aryl methyl sites for hydroxylation is 1. The smallest absolute Gasteiger partial charge is 0.146 e. The molecule has 3 rings (SSSR count). The molecule has 0 aliphatic carbocycles. The van der Waals surface area contributed by atoms with Gasteiger partial charge in [0.05, 0.1) is 0 Å². The lowest BCUT2D eigenvalue weighted by Gasteiger charge is -2.06. The van der Waals surface area contributed by atoms with Crippen LogP contribution in [0.4, 0.5) is 0 Å². The molecule has 0 amide bonds. The van der Waals surface area contributed by atoms with E-state index in [-0.39, 0.29) is 0 Å². The molecular weight excluding hydrogens is 252 g/mol. The molecule has 0 radical (unpaired) electrons. The summed E-state index contributed by atoms with van der Waals surface area (Å²) < 4.78 is 11.4. The summed E-state index contributed by atoms with van der Waals surface area (Å²) in [5.41, 5.74) is 7.51. The van der Waals surface area contributed by atoms with Gasteiger partial charge < -0.3 is 14.9 Å². The van der Waals surface area contributed by atoms with Crippen LogP contribution in [0, 0.1) is 6.92 Å². The van der Waals surface area contributed by atoms with Crippen LogP contribution in [0.1, 0.15) is 17.1 Å². The number of ether oxygens (including phenoxy) is 1. The van der Waals surface area contributed by atoms with Crippen LogP contribution in [0.2, 0.25) is 0 Å². The van der Waals surface area contributed by atoms with Crippen LogP contribution in [0.15, 0.2) is 47.0 Å². The first-order chi connectivity index (χ1) is 9.78. The molecule has 4 heteroatoms. The maximum Gasteiger partial charge on any atom is 0.146 e. The molecule has 0 unspecified atom stereocenters. The van der Waals surface area contributed by atoms with Gasteiger partial charge in [-0.1, -0.05) is 18.2 Å². The van der Waals surface area contributed by atoms with Crippen molar-refractivity contribution >= 4 is 10.9 Å². The number of fused-ring (bicyclic) bond motifs is 1. The molecule has 0 spiro atoms. The van der Waals surface area contributed by atoms with Gasteiger partial charge in [-0.15, -0.1) is 0 Å². The Kier molecular flexibility index (Phi) is 3.39. The van der Waals surface area contributed by atoms with E-state index < -0.39 is 0 Å².